The van der Waals surface area contributed by atoms with Gasteiger partial charge in [0.25, 0.3) is 0 Å². The normalized spacial score (nSPS) is 9.92. The Morgan fingerprint density at radius 3 is 2.21 bits per heavy atom. The first-order valence-electron chi connectivity index (χ1n) is 6.70. The van der Waals surface area contributed by atoms with Gasteiger partial charge in [0.2, 0.25) is 5.75 Å². The van der Waals surface area contributed by atoms with E-state index in [9.17, 15) is 19.7 Å². The van der Waals surface area contributed by atoms with Crippen molar-refractivity contribution in [1.29, 1.82) is 0 Å². The number of esters is 2. The van der Waals surface area contributed by atoms with Crippen LogP contribution in [0.2, 0.25) is 0 Å². The summed E-state index contributed by atoms with van der Waals surface area (Å²) in [5, 5.41) is 11.0. The number of benzene rings is 2. The molecule has 0 aliphatic carbocycles. The number of nitro benzene ring substituents is 1. The molecular formula is C16H13NO7. The van der Waals surface area contributed by atoms with E-state index in [1.807, 2.05) is 0 Å². The average Bonchev–Trinajstić information content (AvgIpc) is 2.60. The van der Waals surface area contributed by atoms with Crippen LogP contribution in [0.5, 0.6) is 11.5 Å². The lowest BCUT2D eigenvalue weighted by Crippen LogP contribution is -2.11. The van der Waals surface area contributed by atoms with Crippen molar-refractivity contribution in [2.24, 2.45) is 0 Å². The number of hydrogen-bond acceptors (Lipinski definition) is 7. The van der Waals surface area contributed by atoms with E-state index < -0.39 is 16.9 Å². The number of hydrogen-bond donors (Lipinski definition) is 0. The maximum atomic E-state index is 11.8. The van der Waals surface area contributed by atoms with Crippen molar-refractivity contribution in [3.63, 3.8) is 0 Å². The highest BCUT2D eigenvalue weighted by Gasteiger charge is 2.21. The fraction of sp³-hybridized carbons (Fsp3) is 0.125. The van der Waals surface area contributed by atoms with Crippen LogP contribution >= 0.6 is 0 Å². The van der Waals surface area contributed by atoms with E-state index in [4.69, 9.17) is 4.74 Å². The largest absolute Gasteiger partial charge is 0.465 e. The Balaban J connectivity index is 2.44. The highest BCUT2D eigenvalue weighted by molar-refractivity contribution is 6.03. The Kier molecular flexibility index (Phi) is 5.10. The number of carbonyl (C=O) groups is 2. The zero-order valence-corrected chi connectivity index (χ0v) is 12.8. The zero-order chi connectivity index (χ0) is 17.7. The number of nitrogens with zero attached hydrogens (tertiary/aromatic N) is 1. The van der Waals surface area contributed by atoms with Crippen LogP contribution < -0.4 is 4.74 Å². The van der Waals surface area contributed by atoms with Gasteiger partial charge in [0.05, 0.1) is 30.3 Å². The van der Waals surface area contributed by atoms with Crippen LogP contribution in [0.4, 0.5) is 5.69 Å². The molecule has 0 radical (unpaired) electrons. The van der Waals surface area contributed by atoms with E-state index >= 15 is 0 Å². The Morgan fingerprint density at radius 1 is 0.958 bits per heavy atom. The standard InChI is InChI=1S/C16H13NO7/c1-22-15(18)11-8-7-10(9-12(11)16(19)23-2)24-14-6-4-3-5-13(14)17(20)21/h3-9H,1-2H3. The van der Waals surface area contributed by atoms with Crippen LogP contribution in [0.1, 0.15) is 20.7 Å². The first kappa shape index (κ1) is 16.9. The summed E-state index contributed by atoms with van der Waals surface area (Å²) >= 11 is 0. The molecule has 0 fully saturated rings. The molecule has 124 valence electrons. The van der Waals surface area contributed by atoms with Gasteiger partial charge in [-0.2, -0.15) is 0 Å². The number of para-hydroxylation sites is 2. The highest BCUT2D eigenvalue weighted by Crippen LogP contribution is 2.32. The second-order valence-corrected chi connectivity index (χ2v) is 4.52. The number of rotatable bonds is 5. The Morgan fingerprint density at radius 2 is 1.58 bits per heavy atom. The van der Waals surface area contributed by atoms with Crippen molar-refractivity contribution < 1.29 is 28.7 Å². The molecule has 0 unspecified atom stereocenters. The maximum Gasteiger partial charge on any atom is 0.338 e. The second kappa shape index (κ2) is 7.23. The molecule has 24 heavy (non-hydrogen) atoms. The third-order valence-corrected chi connectivity index (χ3v) is 3.09. The smallest absolute Gasteiger partial charge is 0.338 e. The van der Waals surface area contributed by atoms with E-state index in [-0.39, 0.29) is 28.3 Å². The number of ether oxygens (including phenoxy) is 3. The molecule has 0 spiro atoms. The number of nitro groups is 1. The molecule has 0 aromatic heterocycles. The molecule has 0 N–H and O–H groups in total. The van der Waals surface area contributed by atoms with Gasteiger partial charge in [0.15, 0.2) is 0 Å². The summed E-state index contributed by atoms with van der Waals surface area (Å²) in [6.07, 6.45) is 0. The molecule has 8 heteroatoms. The second-order valence-electron chi connectivity index (χ2n) is 4.52. The van der Waals surface area contributed by atoms with Gasteiger partial charge in [-0.25, -0.2) is 9.59 Å². The van der Waals surface area contributed by atoms with E-state index in [0.717, 1.165) is 0 Å². The van der Waals surface area contributed by atoms with Crippen LogP contribution in [0.25, 0.3) is 0 Å². The Bertz CT molecular complexity index is 801. The van der Waals surface area contributed by atoms with Gasteiger partial charge in [-0.05, 0) is 24.3 Å². The number of methoxy groups -OCH3 is 2. The van der Waals surface area contributed by atoms with Crippen LogP contribution in [-0.4, -0.2) is 31.1 Å². The topological polar surface area (TPSA) is 105 Å². The van der Waals surface area contributed by atoms with Gasteiger partial charge in [-0.15, -0.1) is 0 Å². The molecule has 0 saturated heterocycles. The van der Waals surface area contributed by atoms with Crippen LogP contribution in [0, 0.1) is 10.1 Å². The SMILES string of the molecule is COC(=O)c1ccc(Oc2ccccc2[N+](=O)[O-])cc1C(=O)OC. The lowest BCUT2D eigenvalue weighted by molar-refractivity contribution is -0.385. The number of carbonyl (C=O) groups excluding carboxylic acids is 2. The van der Waals surface area contributed by atoms with Gasteiger partial charge in [-0.3, -0.25) is 10.1 Å². The van der Waals surface area contributed by atoms with Gasteiger partial charge >= 0.3 is 17.6 Å². The lowest BCUT2D eigenvalue weighted by Gasteiger charge is -2.10. The minimum absolute atomic E-state index is 0.000684. The highest BCUT2D eigenvalue weighted by atomic mass is 16.6. The first-order valence-corrected chi connectivity index (χ1v) is 6.70. The van der Waals surface area contributed by atoms with Crippen LogP contribution in [-0.2, 0) is 9.47 Å². The lowest BCUT2D eigenvalue weighted by atomic mass is 10.1. The summed E-state index contributed by atoms with van der Waals surface area (Å²) in [5.74, 6) is -1.34. The Hall–Kier alpha value is -3.42. The van der Waals surface area contributed by atoms with Crippen molar-refractivity contribution in [2.75, 3.05) is 14.2 Å². The Labute approximate surface area is 136 Å². The summed E-state index contributed by atoms with van der Waals surface area (Å²) in [6.45, 7) is 0. The molecule has 0 aliphatic rings. The summed E-state index contributed by atoms with van der Waals surface area (Å²) in [7, 11) is 2.35. The van der Waals surface area contributed by atoms with E-state index in [2.05, 4.69) is 9.47 Å². The van der Waals surface area contributed by atoms with Crippen molar-refractivity contribution >= 4 is 17.6 Å². The predicted octanol–water partition coefficient (Wildman–Crippen LogP) is 2.96. The van der Waals surface area contributed by atoms with E-state index in [0.29, 0.717) is 0 Å². The molecule has 0 heterocycles. The third kappa shape index (κ3) is 3.49. The molecule has 2 aromatic carbocycles. The maximum absolute atomic E-state index is 11.8. The summed E-state index contributed by atoms with van der Waals surface area (Å²) in [6, 6.07) is 9.77. The van der Waals surface area contributed by atoms with Crippen molar-refractivity contribution in [3.05, 3.63) is 63.7 Å². The fourth-order valence-corrected chi connectivity index (χ4v) is 1.97. The molecule has 0 atom stereocenters. The van der Waals surface area contributed by atoms with Crippen LogP contribution in [0.15, 0.2) is 42.5 Å². The van der Waals surface area contributed by atoms with Gasteiger partial charge in [0.1, 0.15) is 5.75 Å². The molecule has 0 bridgehead atoms. The fourth-order valence-electron chi connectivity index (χ4n) is 1.97. The van der Waals surface area contributed by atoms with Crippen molar-refractivity contribution in [2.45, 2.75) is 0 Å². The van der Waals surface area contributed by atoms with E-state index in [1.54, 1.807) is 6.07 Å². The summed E-state index contributed by atoms with van der Waals surface area (Å²) in [5.41, 5.74) is -0.297. The van der Waals surface area contributed by atoms with Crippen LogP contribution in [0.3, 0.4) is 0 Å². The van der Waals surface area contributed by atoms with Crippen molar-refractivity contribution in [1.82, 2.24) is 0 Å². The third-order valence-electron chi connectivity index (χ3n) is 3.09. The van der Waals surface area contributed by atoms with Gasteiger partial charge < -0.3 is 14.2 Å². The molecule has 0 saturated carbocycles. The predicted molar refractivity (Wildman–Crippen MR) is 82.3 cm³/mol. The van der Waals surface area contributed by atoms with Gasteiger partial charge in [0, 0.05) is 6.07 Å². The average molecular weight is 331 g/mol. The molecule has 8 nitrogen and oxygen atoms in total. The monoisotopic (exact) mass is 331 g/mol. The minimum atomic E-state index is -0.761. The zero-order valence-electron chi connectivity index (χ0n) is 12.8. The molecule has 2 rings (SSSR count). The van der Waals surface area contributed by atoms with E-state index in [1.165, 1.54) is 50.6 Å². The first-order chi connectivity index (χ1) is 11.5. The molecule has 0 amide bonds. The van der Waals surface area contributed by atoms with Crippen molar-refractivity contribution in [3.8, 4) is 11.5 Å². The van der Waals surface area contributed by atoms with Gasteiger partial charge in [-0.1, -0.05) is 12.1 Å². The molecule has 0 aliphatic heterocycles. The quantitative estimate of drug-likeness (QED) is 0.471. The molecular weight excluding hydrogens is 318 g/mol. The molecule has 2 aromatic rings. The summed E-state index contributed by atoms with van der Waals surface area (Å²) in [4.78, 5) is 34.0. The summed E-state index contributed by atoms with van der Waals surface area (Å²) < 4.78 is 14.7. The minimum Gasteiger partial charge on any atom is -0.465 e.